The molecule has 0 radical (unpaired) electrons. The maximum atomic E-state index is 14.9. The molecule has 2 bridgehead atoms. The first-order valence-corrected chi connectivity index (χ1v) is 23.6. The Morgan fingerprint density at radius 3 is 2.15 bits per heavy atom. The van der Waals surface area contributed by atoms with Gasteiger partial charge in [0.05, 0.1) is 41.8 Å². The van der Waals surface area contributed by atoms with Crippen LogP contribution in [0.4, 0.5) is 9.18 Å². The van der Waals surface area contributed by atoms with E-state index in [-0.39, 0.29) is 73.1 Å². The van der Waals surface area contributed by atoms with E-state index in [1.807, 2.05) is 4.98 Å². The Bertz CT molecular complexity index is 2740. The summed E-state index contributed by atoms with van der Waals surface area (Å²) in [4.78, 5) is 92.8. The Morgan fingerprint density at radius 2 is 1.59 bits per heavy atom. The number of Topliss-reactive ketones (excluding diaryl/α,β-unsaturated/α-hetero) is 1. The topological polar surface area (TPSA) is 289 Å². The van der Waals surface area contributed by atoms with Gasteiger partial charge < -0.3 is 66.6 Å². The number of esters is 3. The van der Waals surface area contributed by atoms with Crippen molar-refractivity contribution in [3.63, 3.8) is 0 Å². The van der Waals surface area contributed by atoms with Crippen molar-refractivity contribution < 1.29 is 91.0 Å². The number of H-pyrrole nitrogens is 1. The summed E-state index contributed by atoms with van der Waals surface area (Å²) in [5, 5.41) is 51.6. The molecule has 400 valence electrons. The number of nitrogens with zero attached hydrogens (tertiary/aromatic N) is 1. The number of hydrogen-bond donors (Lipinski definition) is 6. The molecule has 8 rings (SSSR count). The van der Waals surface area contributed by atoms with E-state index in [2.05, 4.69) is 5.32 Å². The Labute approximate surface area is 455 Å². The second kappa shape index (κ2) is 22.8. The molecule has 5 aliphatic rings. The van der Waals surface area contributed by atoms with Crippen LogP contribution in [-0.4, -0.2) is 156 Å². The van der Waals surface area contributed by atoms with E-state index in [0.29, 0.717) is 18.6 Å². The number of benzene rings is 2. The van der Waals surface area contributed by atoms with Crippen molar-refractivity contribution in [1.82, 2.24) is 14.9 Å². The molecule has 2 aliphatic heterocycles. The number of aliphatic hydroxyl groups excluding tert-OH is 3. The van der Waals surface area contributed by atoms with Gasteiger partial charge in [0, 0.05) is 31.8 Å². The number of halogens is 2. The fourth-order valence-corrected chi connectivity index (χ4v) is 11.0. The molecule has 3 aliphatic carbocycles. The average Bonchev–Trinajstić information content (AvgIpc) is 3.85. The number of ether oxygens (including phenoxy) is 6. The number of carbonyl (C=O) groups is 5. The molecule has 23 heteroatoms. The first-order chi connectivity index (χ1) is 33.7. The molecule has 4 fully saturated rings. The monoisotopic (exact) mass is 1070 g/mol. The number of aromatic amines is 1. The first kappa shape index (κ1) is 60.1. The molecule has 0 spiro atoms. The predicted molar refractivity (Wildman–Crippen MR) is 257 cm³/mol. The molecule has 6 N–H and O–H groups in total. The standard InChI is InChI=1S/C43H53NO14.C8H9FN2O3.ClH.Na.H/c1-22-26(55-37(51)32(48)30(24-15-11-9-12-16-24)44-38(52)58-39(3,4)5)20-43(53)35(56-36(50)25-17-13-10-14-18-25)33-41(8,34(49)31(47)29(22)40(43,6)7)27(46)19-28-42(33,21-54-28)57-23(2)45;9-5-4-11(6-2-1-3-14-6)8(13)10-7(5)12;;;/h9-18,26-28,30-33,35,46-48,53H,19-21H2,1-8H3,(H,44,52);4,6H,1-3H2,(H,10,12,13);1H;;/t26-,27-,28+,30-,31+,32+,33-,35-,41+,42-,43+;6-;;;/m01.../s1. The number of aromatic nitrogens is 2. The van der Waals surface area contributed by atoms with Crippen molar-refractivity contribution >= 4 is 59.3 Å². The number of ketones is 1. The Kier molecular flexibility index (Phi) is 18.5. The molecule has 1 amide bonds. The third kappa shape index (κ3) is 11.2. The van der Waals surface area contributed by atoms with Gasteiger partial charge in [-0.2, -0.15) is 4.39 Å². The summed E-state index contributed by atoms with van der Waals surface area (Å²) in [7, 11) is 0. The number of alkyl carbamates (subject to hydrolysis) is 1. The van der Waals surface area contributed by atoms with Gasteiger partial charge in [-0.3, -0.25) is 23.9 Å². The van der Waals surface area contributed by atoms with Crippen LogP contribution >= 0.6 is 0 Å². The molecule has 20 nitrogen and oxygen atoms in total. The van der Waals surface area contributed by atoms with Crippen molar-refractivity contribution in [2.24, 2.45) is 16.7 Å². The number of carbonyl (C=O) groups excluding carboxylic acids is 5. The van der Waals surface area contributed by atoms with Gasteiger partial charge in [0.25, 0.3) is 5.56 Å². The van der Waals surface area contributed by atoms with Crippen LogP contribution < -0.4 is 29.0 Å². The third-order valence-electron chi connectivity index (χ3n) is 14.7. The molecule has 0 unspecified atom stereocenters. The summed E-state index contributed by atoms with van der Waals surface area (Å²) in [5.74, 6) is -6.34. The van der Waals surface area contributed by atoms with E-state index in [1.54, 1.807) is 83.1 Å². The Hall–Kier alpha value is -4.81. The normalized spacial score (nSPS) is 30.4. The fraction of sp³-hybridized carbons (Fsp3) is 0.549. The second-order valence-corrected chi connectivity index (χ2v) is 20.7. The van der Waals surface area contributed by atoms with Crippen molar-refractivity contribution in [2.75, 3.05) is 13.2 Å². The van der Waals surface area contributed by atoms with Gasteiger partial charge in [0.15, 0.2) is 17.5 Å². The summed E-state index contributed by atoms with van der Waals surface area (Å²) < 4.78 is 48.6. The number of nitrogens with one attached hydrogen (secondary N) is 2. The zero-order chi connectivity index (χ0) is 52.9. The van der Waals surface area contributed by atoms with E-state index < -0.39 is 136 Å². The molecule has 3 aromatic rings. The fourth-order valence-electron chi connectivity index (χ4n) is 11.0. The van der Waals surface area contributed by atoms with E-state index in [0.717, 1.165) is 24.1 Å². The molecule has 3 heterocycles. The number of aliphatic hydroxyl groups is 4. The van der Waals surface area contributed by atoms with Gasteiger partial charge in [0.1, 0.15) is 41.8 Å². The third-order valence-corrected chi connectivity index (χ3v) is 14.7. The quantitative estimate of drug-likeness (QED) is 0.0695. The summed E-state index contributed by atoms with van der Waals surface area (Å²) >= 11 is 0. The second-order valence-electron chi connectivity index (χ2n) is 20.7. The predicted octanol–water partition coefficient (Wildman–Crippen LogP) is -0.288. The SMILES string of the molecule is CC(=O)O[C@@]12CO[C@@H]1C[C@H](O)[C@@]1(C)C(=O)[C@H](O)C3=C(C)[C@@H](OC(=O)[C@H](O)[C@@H](NC(=O)OC(C)(C)C)c4ccccc4)C[C@@](O)([C@@H](OC(=O)c4ccccc4)[C@H]21)C3(C)C.O=c1[nH]c(=O)n([C@H]2CCCO2)cc1F.[Cl-].[H+].[NaH]. The molecular weight excluding hydrogens is 1000 g/mol. The number of hydrogen-bond acceptors (Lipinski definition) is 17. The molecule has 74 heavy (non-hydrogen) atoms. The van der Waals surface area contributed by atoms with Crippen molar-refractivity contribution in [3.05, 3.63) is 116 Å². The van der Waals surface area contributed by atoms with Gasteiger partial charge >= 0.3 is 60.7 Å². The first-order valence-electron chi connectivity index (χ1n) is 23.6. The van der Waals surface area contributed by atoms with Crippen molar-refractivity contribution in [3.8, 4) is 0 Å². The molecule has 2 aromatic carbocycles. The van der Waals surface area contributed by atoms with Crippen LogP contribution in [0.2, 0.25) is 0 Å². The van der Waals surface area contributed by atoms with Gasteiger partial charge in [0.2, 0.25) is 5.82 Å². The Balaban J connectivity index is 0.000000616. The number of rotatable bonds is 9. The Morgan fingerprint density at radius 1 is 0.973 bits per heavy atom. The van der Waals surface area contributed by atoms with Gasteiger partial charge in [-0.1, -0.05) is 62.4 Å². The van der Waals surface area contributed by atoms with E-state index >= 15 is 0 Å². The maximum absolute atomic E-state index is 14.9. The summed E-state index contributed by atoms with van der Waals surface area (Å²) in [6, 6.07) is 14.6. The summed E-state index contributed by atoms with van der Waals surface area (Å²) in [6.45, 7) is 12.3. The van der Waals surface area contributed by atoms with Gasteiger partial charge in [-0.25, -0.2) is 19.2 Å². The summed E-state index contributed by atoms with van der Waals surface area (Å²) in [5.41, 5.74) is -9.77. The van der Waals surface area contributed by atoms with Crippen LogP contribution in [0.25, 0.3) is 0 Å². The van der Waals surface area contributed by atoms with Crippen molar-refractivity contribution in [1.29, 1.82) is 0 Å². The van der Waals surface area contributed by atoms with Crippen LogP contribution in [0.5, 0.6) is 0 Å². The molecule has 12 atom stereocenters. The van der Waals surface area contributed by atoms with Gasteiger partial charge in [-0.05, 0) is 76.3 Å². The van der Waals surface area contributed by atoms with Crippen LogP contribution in [0.1, 0.15) is 111 Å². The zero-order valence-electron chi connectivity index (χ0n) is 42.6. The summed E-state index contributed by atoms with van der Waals surface area (Å²) in [6.07, 6.45) is -9.56. The van der Waals surface area contributed by atoms with Crippen LogP contribution in [0.3, 0.4) is 0 Å². The molecule has 2 saturated carbocycles. The van der Waals surface area contributed by atoms with Crippen molar-refractivity contribution in [2.45, 2.75) is 147 Å². The number of amides is 1. The van der Waals surface area contributed by atoms with E-state index in [9.17, 15) is 58.4 Å². The molecule has 2 saturated heterocycles. The molecular formula is C51H64ClFN3NaO17. The van der Waals surface area contributed by atoms with E-state index in [1.165, 1.54) is 26.0 Å². The number of fused-ring (bicyclic) bond motifs is 5. The van der Waals surface area contributed by atoms with Crippen LogP contribution in [-0.2, 0) is 42.8 Å². The zero-order valence-corrected chi connectivity index (χ0v) is 42.3. The average molecular weight is 1070 g/mol. The molecule has 1 aromatic heterocycles. The minimum atomic E-state index is -2.35. The van der Waals surface area contributed by atoms with Crippen LogP contribution in [0, 0.1) is 22.6 Å². The van der Waals surface area contributed by atoms with Crippen LogP contribution in [0.15, 0.2) is 87.6 Å². The van der Waals surface area contributed by atoms with Gasteiger partial charge in [-0.15, -0.1) is 0 Å². The minimum absolute atomic E-state index is 0. The van der Waals surface area contributed by atoms with E-state index in [4.69, 9.17) is 28.4 Å².